The molecule has 0 bridgehead atoms. The molecule has 0 aliphatic heterocycles. The largest absolute Gasteiger partial charge is 0.369 e. The maximum atomic E-state index is 13.1. The van der Waals surface area contributed by atoms with E-state index < -0.39 is 5.91 Å². The lowest BCUT2D eigenvalue weighted by molar-refractivity contribution is -0.135. The summed E-state index contributed by atoms with van der Waals surface area (Å²) in [5, 5.41) is 0. The molecule has 0 aliphatic rings. The molecule has 6 heteroatoms. The molecule has 1 aromatic carbocycles. The highest BCUT2D eigenvalue weighted by molar-refractivity contribution is 5.80. The van der Waals surface area contributed by atoms with Crippen molar-refractivity contribution in [2.75, 3.05) is 26.2 Å². The molecule has 0 radical (unpaired) electrons. The molecule has 24 heavy (non-hydrogen) atoms. The molecule has 1 aromatic rings. The molecule has 0 aliphatic carbocycles. The van der Waals surface area contributed by atoms with Crippen LogP contribution in [0.15, 0.2) is 24.3 Å². The number of primary amides is 1. The van der Waals surface area contributed by atoms with Gasteiger partial charge < -0.3 is 10.6 Å². The molecular weight excluding hydrogens is 309 g/mol. The summed E-state index contributed by atoms with van der Waals surface area (Å²) in [6.45, 7) is 9.22. The van der Waals surface area contributed by atoms with E-state index in [1.54, 1.807) is 21.9 Å². The molecule has 2 amide bonds. The molecule has 5 nitrogen and oxygen atoms in total. The molecule has 0 heterocycles. The van der Waals surface area contributed by atoms with Crippen LogP contribution < -0.4 is 5.73 Å². The number of halogens is 1. The minimum absolute atomic E-state index is 0.0619. The Hall–Kier alpha value is -1.95. The first-order chi connectivity index (χ1) is 11.2. The summed E-state index contributed by atoms with van der Waals surface area (Å²) in [7, 11) is 0. The van der Waals surface area contributed by atoms with Gasteiger partial charge in [-0.25, -0.2) is 4.39 Å². The van der Waals surface area contributed by atoms with E-state index in [0.29, 0.717) is 19.0 Å². The Balaban J connectivity index is 2.82. The molecule has 0 spiro atoms. The average Bonchev–Trinajstić information content (AvgIpc) is 2.47. The number of nitrogens with zero attached hydrogens (tertiary/aromatic N) is 2. The Morgan fingerprint density at radius 3 is 2.17 bits per heavy atom. The minimum atomic E-state index is -0.446. The lowest BCUT2D eigenvalue weighted by atomic mass is 10.1. The topological polar surface area (TPSA) is 66.6 Å². The van der Waals surface area contributed by atoms with Crippen LogP contribution in [0.3, 0.4) is 0 Å². The summed E-state index contributed by atoms with van der Waals surface area (Å²) in [6.07, 6.45) is 0. The highest BCUT2D eigenvalue weighted by Gasteiger charge is 2.23. The number of rotatable bonds is 9. The van der Waals surface area contributed by atoms with Gasteiger partial charge in [-0.2, -0.15) is 0 Å². The molecule has 2 N–H and O–H groups in total. The van der Waals surface area contributed by atoms with Crippen molar-refractivity contribution in [1.29, 1.82) is 0 Å². The molecule has 1 unspecified atom stereocenters. The second kappa shape index (κ2) is 9.37. The maximum Gasteiger partial charge on any atom is 0.237 e. The zero-order chi connectivity index (χ0) is 18.3. The third-order valence-corrected chi connectivity index (χ3v) is 3.84. The van der Waals surface area contributed by atoms with Crippen molar-refractivity contribution in [3.05, 3.63) is 35.6 Å². The molecule has 1 rings (SSSR count). The lowest BCUT2D eigenvalue weighted by Gasteiger charge is -2.31. The first-order valence-electron chi connectivity index (χ1n) is 8.30. The number of carbonyl (C=O) groups excluding carboxylic acids is 2. The summed E-state index contributed by atoms with van der Waals surface area (Å²) in [4.78, 5) is 27.4. The second-order valence-electron chi connectivity index (χ2n) is 6.44. The van der Waals surface area contributed by atoms with Gasteiger partial charge in [0.05, 0.1) is 19.1 Å². The quantitative estimate of drug-likeness (QED) is 0.751. The van der Waals surface area contributed by atoms with Crippen LogP contribution in [0.25, 0.3) is 0 Å². The zero-order valence-corrected chi connectivity index (χ0v) is 15.0. The number of carbonyl (C=O) groups is 2. The van der Waals surface area contributed by atoms with Gasteiger partial charge in [0.1, 0.15) is 5.82 Å². The number of amides is 2. The third kappa shape index (κ3) is 6.28. The van der Waals surface area contributed by atoms with Crippen LogP contribution in [0.1, 0.15) is 39.3 Å². The van der Waals surface area contributed by atoms with Crippen molar-refractivity contribution >= 4 is 11.8 Å². The molecule has 0 fully saturated rings. The number of hydrogen-bond acceptors (Lipinski definition) is 3. The van der Waals surface area contributed by atoms with Crippen LogP contribution in [-0.2, 0) is 9.59 Å². The molecule has 0 saturated heterocycles. The standard InChI is InChI=1S/C18H28FN3O2/c1-5-22(14(4)15-6-8-16(19)9-7-15)18(24)12-21(10-13(2)3)11-17(20)23/h6-9,13-14H,5,10-12H2,1-4H3,(H2,20,23). The van der Waals surface area contributed by atoms with Gasteiger partial charge >= 0.3 is 0 Å². The molecule has 1 atom stereocenters. The van der Waals surface area contributed by atoms with Crippen molar-refractivity contribution < 1.29 is 14.0 Å². The average molecular weight is 337 g/mol. The number of nitrogens with two attached hydrogens (primary N) is 1. The third-order valence-electron chi connectivity index (χ3n) is 3.84. The summed E-state index contributed by atoms with van der Waals surface area (Å²) in [6, 6.07) is 5.98. The van der Waals surface area contributed by atoms with Gasteiger partial charge in [0.15, 0.2) is 0 Å². The summed E-state index contributed by atoms with van der Waals surface area (Å²) < 4.78 is 13.1. The highest BCUT2D eigenvalue weighted by atomic mass is 19.1. The number of likely N-dealkylation sites (N-methyl/N-ethyl adjacent to an activating group) is 1. The van der Waals surface area contributed by atoms with Crippen LogP contribution in [0, 0.1) is 11.7 Å². The van der Waals surface area contributed by atoms with Crippen LogP contribution in [0.2, 0.25) is 0 Å². The van der Waals surface area contributed by atoms with E-state index in [-0.39, 0.29) is 30.9 Å². The Bertz CT molecular complexity index is 546. The van der Waals surface area contributed by atoms with E-state index in [2.05, 4.69) is 0 Å². The van der Waals surface area contributed by atoms with Crippen LogP contribution in [0.4, 0.5) is 4.39 Å². The maximum absolute atomic E-state index is 13.1. The first-order valence-corrected chi connectivity index (χ1v) is 8.30. The van der Waals surface area contributed by atoms with Crippen molar-refractivity contribution in [2.45, 2.75) is 33.7 Å². The summed E-state index contributed by atoms with van der Waals surface area (Å²) in [5.74, 6) is -0.499. The Labute approximate surface area is 143 Å². The van der Waals surface area contributed by atoms with E-state index in [1.807, 2.05) is 27.7 Å². The van der Waals surface area contributed by atoms with Crippen LogP contribution in [0.5, 0.6) is 0 Å². The fourth-order valence-electron chi connectivity index (χ4n) is 2.79. The Morgan fingerprint density at radius 1 is 1.12 bits per heavy atom. The smallest absolute Gasteiger partial charge is 0.237 e. The van der Waals surface area contributed by atoms with Gasteiger partial charge in [-0.05, 0) is 37.5 Å². The van der Waals surface area contributed by atoms with E-state index in [4.69, 9.17) is 5.73 Å². The molecule has 0 aromatic heterocycles. The predicted octanol–water partition coefficient (Wildman–Crippen LogP) is 2.18. The van der Waals surface area contributed by atoms with Crippen molar-refractivity contribution in [3.8, 4) is 0 Å². The van der Waals surface area contributed by atoms with E-state index in [1.165, 1.54) is 12.1 Å². The normalized spacial score (nSPS) is 12.5. The monoisotopic (exact) mass is 337 g/mol. The summed E-state index contributed by atoms with van der Waals surface area (Å²) >= 11 is 0. The SMILES string of the molecule is CCN(C(=O)CN(CC(N)=O)CC(C)C)C(C)c1ccc(F)cc1. The fraction of sp³-hybridized carbons (Fsp3) is 0.556. The van der Waals surface area contributed by atoms with E-state index >= 15 is 0 Å². The first kappa shape index (κ1) is 20.1. The minimum Gasteiger partial charge on any atom is -0.369 e. The highest BCUT2D eigenvalue weighted by Crippen LogP contribution is 2.20. The van der Waals surface area contributed by atoms with Gasteiger partial charge in [0.2, 0.25) is 11.8 Å². The van der Waals surface area contributed by atoms with Gasteiger partial charge in [-0.1, -0.05) is 26.0 Å². The fourth-order valence-corrected chi connectivity index (χ4v) is 2.79. The van der Waals surface area contributed by atoms with Gasteiger partial charge in [0, 0.05) is 13.1 Å². The van der Waals surface area contributed by atoms with E-state index in [9.17, 15) is 14.0 Å². The second-order valence-corrected chi connectivity index (χ2v) is 6.44. The Kier molecular flexibility index (Phi) is 7.85. The van der Waals surface area contributed by atoms with Gasteiger partial charge in [-0.15, -0.1) is 0 Å². The molecule has 134 valence electrons. The molecular formula is C18H28FN3O2. The van der Waals surface area contributed by atoms with Gasteiger partial charge in [0.25, 0.3) is 0 Å². The van der Waals surface area contributed by atoms with Crippen molar-refractivity contribution in [1.82, 2.24) is 9.80 Å². The van der Waals surface area contributed by atoms with Crippen molar-refractivity contribution in [2.24, 2.45) is 11.7 Å². The van der Waals surface area contributed by atoms with E-state index in [0.717, 1.165) is 5.56 Å². The summed E-state index contributed by atoms with van der Waals surface area (Å²) in [5.41, 5.74) is 6.15. The lowest BCUT2D eigenvalue weighted by Crippen LogP contribution is -2.45. The number of benzene rings is 1. The van der Waals surface area contributed by atoms with Crippen molar-refractivity contribution in [3.63, 3.8) is 0 Å². The Morgan fingerprint density at radius 2 is 1.71 bits per heavy atom. The molecule has 0 saturated carbocycles. The van der Waals surface area contributed by atoms with Crippen LogP contribution in [-0.4, -0.2) is 47.8 Å². The van der Waals surface area contributed by atoms with Crippen LogP contribution >= 0.6 is 0 Å². The zero-order valence-electron chi connectivity index (χ0n) is 15.0. The predicted molar refractivity (Wildman–Crippen MR) is 92.7 cm³/mol. The van der Waals surface area contributed by atoms with Gasteiger partial charge in [-0.3, -0.25) is 14.5 Å². The number of hydrogen-bond donors (Lipinski definition) is 1.